The van der Waals surface area contributed by atoms with Gasteiger partial charge < -0.3 is 10.5 Å². The van der Waals surface area contributed by atoms with Crippen molar-refractivity contribution in [2.45, 2.75) is 25.2 Å². The van der Waals surface area contributed by atoms with Gasteiger partial charge in [0.15, 0.2) is 5.13 Å². The number of methoxy groups -OCH3 is 1. The first-order valence-corrected chi connectivity index (χ1v) is 13.5. The van der Waals surface area contributed by atoms with Crippen LogP contribution in [0.4, 0.5) is 10.8 Å². The van der Waals surface area contributed by atoms with Gasteiger partial charge in [0, 0.05) is 22.0 Å². The quantitative estimate of drug-likeness (QED) is 0.279. The lowest BCUT2D eigenvalue weighted by Gasteiger charge is -2.24. The molecule has 1 atom stereocenters. The Hall–Kier alpha value is -3.75. The number of benzene rings is 2. The number of amides is 1. The van der Waals surface area contributed by atoms with Crippen molar-refractivity contribution in [1.29, 1.82) is 0 Å². The number of ether oxygens (including phenoxy) is 1. The molecule has 6 nitrogen and oxygen atoms in total. The number of nitrogens with zero attached hydrogens (tertiary/aromatic N) is 2. The highest BCUT2D eigenvalue weighted by atomic mass is 32.1. The van der Waals surface area contributed by atoms with Gasteiger partial charge in [-0.15, -0.1) is 22.7 Å². The molecule has 1 amide bonds. The average Bonchev–Trinajstić information content (AvgIpc) is 3.52. The van der Waals surface area contributed by atoms with E-state index in [0.717, 1.165) is 52.2 Å². The molecule has 0 bridgehead atoms. The molecule has 36 heavy (non-hydrogen) atoms. The molecule has 2 aromatic carbocycles. The molecular weight excluding hydrogens is 488 g/mol. The maximum absolute atomic E-state index is 13.1. The van der Waals surface area contributed by atoms with E-state index in [1.807, 2.05) is 29.6 Å². The number of nitrogen functional groups attached to an aromatic ring is 1. The Morgan fingerprint density at radius 1 is 1.11 bits per heavy atom. The largest absolute Gasteiger partial charge is 0.497 e. The average molecular weight is 513 g/mol. The van der Waals surface area contributed by atoms with Gasteiger partial charge in [0.05, 0.1) is 18.5 Å². The second-order valence-corrected chi connectivity index (χ2v) is 10.7. The molecule has 0 saturated heterocycles. The second-order valence-electron chi connectivity index (χ2n) is 8.86. The fourth-order valence-electron chi connectivity index (χ4n) is 4.75. The van der Waals surface area contributed by atoms with E-state index in [0.29, 0.717) is 21.6 Å². The molecule has 1 aliphatic rings. The number of pyridine rings is 1. The van der Waals surface area contributed by atoms with Crippen LogP contribution >= 0.6 is 22.7 Å². The molecule has 8 heteroatoms. The maximum Gasteiger partial charge on any atom is 0.269 e. The summed E-state index contributed by atoms with van der Waals surface area (Å²) in [5.74, 6) is 1.00. The van der Waals surface area contributed by atoms with Gasteiger partial charge in [-0.05, 0) is 66.6 Å². The minimum Gasteiger partial charge on any atom is -0.497 e. The zero-order valence-corrected chi connectivity index (χ0v) is 21.3. The van der Waals surface area contributed by atoms with E-state index in [1.54, 1.807) is 7.11 Å². The number of carbonyl (C=O) groups excluding carboxylic acids is 1. The Balaban J connectivity index is 1.23. The van der Waals surface area contributed by atoms with Crippen LogP contribution in [0.15, 0.2) is 66.0 Å². The van der Waals surface area contributed by atoms with Crippen LogP contribution in [-0.2, 0) is 12.8 Å². The van der Waals surface area contributed by atoms with E-state index in [2.05, 4.69) is 46.7 Å². The molecular formula is C28H24N4O2S2. The first-order valence-electron chi connectivity index (χ1n) is 11.8. The van der Waals surface area contributed by atoms with Gasteiger partial charge in [-0.1, -0.05) is 30.3 Å². The molecule has 3 heterocycles. The molecule has 0 radical (unpaired) electrons. The molecule has 3 aromatic heterocycles. The number of hydrogen-bond acceptors (Lipinski definition) is 7. The second kappa shape index (κ2) is 9.37. The van der Waals surface area contributed by atoms with Crippen LogP contribution in [0.25, 0.3) is 21.5 Å². The molecule has 0 spiro atoms. The number of hydrogen-bond donors (Lipinski definition) is 2. The molecule has 0 aliphatic heterocycles. The van der Waals surface area contributed by atoms with Gasteiger partial charge in [-0.2, -0.15) is 0 Å². The summed E-state index contributed by atoms with van der Waals surface area (Å²) < 4.78 is 5.22. The fraction of sp³-hybridized carbons (Fsp3) is 0.179. The zero-order valence-electron chi connectivity index (χ0n) is 19.7. The van der Waals surface area contributed by atoms with Crippen molar-refractivity contribution in [3.05, 3.63) is 87.7 Å². The van der Waals surface area contributed by atoms with Crippen LogP contribution in [0.2, 0.25) is 0 Å². The lowest BCUT2D eigenvalue weighted by molar-refractivity contribution is 0.103. The minimum absolute atomic E-state index is 0.258. The first kappa shape index (κ1) is 22.7. The minimum atomic E-state index is -0.258. The van der Waals surface area contributed by atoms with Gasteiger partial charge in [0.2, 0.25) is 0 Å². The van der Waals surface area contributed by atoms with Crippen LogP contribution in [-0.4, -0.2) is 23.0 Å². The summed E-state index contributed by atoms with van der Waals surface area (Å²) in [4.78, 5) is 23.9. The number of nitrogens with one attached hydrogen (secondary N) is 1. The van der Waals surface area contributed by atoms with Crippen LogP contribution in [0.5, 0.6) is 5.75 Å². The van der Waals surface area contributed by atoms with Gasteiger partial charge in [-0.25, -0.2) is 9.97 Å². The van der Waals surface area contributed by atoms with Crippen molar-refractivity contribution in [3.8, 4) is 17.0 Å². The van der Waals surface area contributed by atoms with Crippen molar-refractivity contribution in [1.82, 2.24) is 9.97 Å². The Labute approximate surface area is 216 Å². The van der Waals surface area contributed by atoms with Crippen molar-refractivity contribution in [2.75, 3.05) is 18.2 Å². The number of aryl methyl sites for hydroxylation is 1. The molecule has 0 fully saturated rings. The number of rotatable bonds is 5. The third-order valence-corrected chi connectivity index (χ3v) is 8.54. The van der Waals surface area contributed by atoms with Gasteiger partial charge in [-0.3, -0.25) is 10.1 Å². The van der Waals surface area contributed by atoms with E-state index in [4.69, 9.17) is 15.5 Å². The normalized spacial score (nSPS) is 15.0. The highest BCUT2D eigenvalue weighted by Crippen LogP contribution is 2.39. The van der Waals surface area contributed by atoms with Crippen LogP contribution < -0.4 is 15.8 Å². The lowest BCUT2D eigenvalue weighted by Crippen LogP contribution is -2.14. The molecule has 180 valence electrons. The van der Waals surface area contributed by atoms with Crippen molar-refractivity contribution in [2.24, 2.45) is 0 Å². The summed E-state index contributed by atoms with van der Waals surface area (Å²) >= 11 is 2.73. The molecule has 5 aromatic rings. The molecule has 0 saturated carbocycles. The Morgan fingerprint density at radius 2 is 1.92 bits per heavy atom. The predicted octanol–water partition coefficient (Wildman–Crippen LogP) is 6.54. The predicted molar refractivity (Wildman–Crippen MR) is 147 cm³/mol. The summed E-state index contributed by atoms with van der Waals surface area (Å²) in [6.45, 7) is 0. The Kier molecular flexibility index (Phi) is 5.91. The van der Waals surface area contributed by atoms with E-state index >= 15 is 0 Å². The highest BCUT2D eigenvalue weighted by Gasteiger charge is 2.25. The number of fused-ring (bicyclic) bond motifs is 2. The number of thiophene rings is 1. The monoisotopic (exact) mass is 512 g/mol. The van der Waals surface area contributed by atoms with Gasteiger partial charge >= 0.3 is 0 Å². The summed E-state index contributed by atoms with van der Waals surface area (Å²) in [5.41, 5.74) is 12.4. The Morgan fingerprint density at radius 3 is 2.69 bits per heavy atom. The molecule has 6 rings (SSSR count). The molecule has 1 unspecified atom stereocenters. The van der Waals surface area contributed by atoms with E-state index in [-0.39, 0.29) is 5.91 Å². The van der Waals surface area contributed by atoms with Crippen LogP contribution in [0.3, 0.4) is 0 Å². The maximum atomic E-state index is 13.1. The van der Waals surface area contributed by atoms with Crippen molar-refractivity contribution in [3.63, 3.8) is 0 Å². The summed E-state index contributed by atoms with van der Waals surface area (Å²) in [5, 5.41) is 6.22. The van der Waals surface area contributed by atoms with E-state index in [1.165, 1.54) is 33.8 Å². The van der Waals surface area contributed by atoms with Crippen LogP contribution in [0.1, 0.15) is 38.8 Å². The zero-order chi connectivity index (χ0) is 24.6. The van der Waals surface area contributed by atoms with Crippen molar-refractivity contribution >= 4 is 49.6 Å². The topological polar surface area (TPSA) is 90.1 Å². The standard InChI is InChI=1S/C28H24N4O2S2/c1-34-20-10-7-17(8-11-20)23-15-35-28(31-23)32-26(33)25-24(29)21-14-19-13-18(16-5-3-2-4-6-16)9-12-22(19)30-27(21)36-25/h2-8,10-11,14-15,18H,9,12-13,29H2,1H3,(H,31,32,33). The summed E-state index contributed by atoms with van der Waals surface area (Å²) in [7, 11) is 1.64. The highest BCUT2D eigenvalue weighted by molar-refractivity contribution is 7.21. The smallest absolute Gasteiger partial charge is 0.269 e. The number of anilines is 2. The lowest BCUT2D eigenvalue weighted by atomic mass is 9.82. The number of aromatic nitrogens is 2. The van der Waals surface area contributed by atoms with Gasteiger partial charge in [0.1, 0.15) is 15.5 Å². The molecule has 3 N–H and O–H groups in total. The fourth-order valence-corrected chi connectivity index (χ4v) is 6.45. The van der Waals surface area contributed by atoms with E-state index < -0.39 is 0 Å². The number of carbonyl (C=O) groups is 1. The van der Waals surface area contributed by atoms with E-state index in [9.17, 15) is 4.79 Å². The Bertz CT molecular complexity index is 1560. The summed E-state index contributed by atoms with van der Waals surface area (Å²) in [6.07, 6.45) is 2.94. The van der Waals surface area contributed by atoms with Crippen LogP contribution in [0, 0.1) is 0 Å². The number of thiazole rings is 1. The number of nitrogens with two attached hydrogens (primary N) is 1. The van der Waals surface area contributed by atoms with Crippen molar-refractivity contribution < 1.29 is 9.53 Å². The van der Waals surface area contributed by atoms with Gasteiger partial charge in [0.25, 0.3) is 5.91 Å². The molecule has 1 aliphatic carbocycles. The summed E-state index contributed by atoms with van der Waals surface area (Å²) in [6, 6.07) is 20.4. The first-order chi connectivity index (χ1) is 17.6. The third-order valence-electron chi connectivity index (χ3n) is 6.67. The SMILES string of the molecule is COc1ccc(-c2csc(NC(=O)c3sc4nc5c(cc4c3N)CC(c3ccccc3)CC5)n2)cc1. The third kappa shape index (κ3) is 4.23.